The van der Waals surface area contributed by atoms with Crippen molar-refractivity contribution in [2.75, 3.05) is 43.9 Å². The SMILES string of the molecule is CN(C)CCCNC(=O)C(=O)Nc1ccc2c(c1)N(C(=O)C1CC1)CCC2. The van der Waals surface area contributed by atoms with Gasteiger partial charge in [-0.05, 0) is 70.4 Å². The fraction of sp³-hybridized carbons (Fsp3) is 0.550. The van der Waals surface area contributed by atoms with E-state index in [9.17, 15) is 14.4 Å². The van der Waals surface area contributed by atoms with Crippen molar-refractivity contribution in [1.82, 2.24) is 10.2 Å². The quantitative estimate of drug-likeness (QED) is 0.584. The van der Waals surface area contributed by atoms with Crippen molar-refractivity contribution >= 4 is 29.1 Å². The molecule has 27 heavy (non-hydrogen) atoms. The van der Waals surface area contributed by atoms with Crippen LogP contribution in [-0.4, -0.2) is 56.4 Å². The zero-order valence-corrected chi connectivity index (χ0v) is 16.1. The molecule has 0 radical (unpaired) electrons. The predicted octanol–water partition coefficient (Wildman–Crippen LogP) is 1.38. The van der Waals surface area contributed by atoms with Crippen LogP contribution in [0.4, 0.5) is 11.4 Å². The van der Waals surface area contributed by atoms with Gasteiger partial charge in [0.05, 0.1) is 0 Å². The van der Waals surface area contributed by atoms with Crippen molar-refractivity contribution in [3.63, 3.8) is 0 Å². The zero-order valence-electron chi connectivity index (χ0n) is 16.1. The second-order valence-corrected chi connectivity index (χ2v) is 7.58. The Labute approximate surface area is 160 Å². The van der Waals surface area contributed by atoms with Crippen molar-refractivity contribution in [3.05, 3.63) is 23.8 Å². The number of nitrogens with one attached hydrogen (secondary N) is 2. The molecule has 7 nitrogen and oxygen atoms in total. The standard InChI is InChI=1S/C20H28N4O3/c1-23(2)11-4-10-21-18(25)19(26)22-16-9-8-14-5-3-12-24(17(14)13-16)20(27)15-6-7-15/h8-9,13,15H,3-7,10-12H2,1-2H3,(H,21,25)(H,22,26). The van der Waals surface area contributed by atoms with Crippen LogP contribution in [0.3, 0.4) is 0 Å². The first-order chi connectivity index (χ1) is 13.0. The molecule has 1 aliphatic carbocycles. The van der Waals surface area contributed by atoms with Gasteiger partial charge in [0.2, 0.25) is 5.91 Å². The van der Waals surface area contributed by atoms with E-state index in [0.717, 1.165) is 49.9 Å². The van der Waals surface area contributed by atoms with E-state index in [1.807, 2.05) is 36.0 Å². The second-order valence-electron chi connectivity index (χ2n) is 7.58. The highest BCUT2D eigenvalue weighted by Gasteiger charge is 2.35. The molecule has 146 valence electrons. The first-order valence-electron chi connectivity index (χ1n) is 9.64. The molecule has 7 heteroatoms. The lowest BCUT2D eigenvalue weighted by atomic mass is 10.0. The summed E-state index contributed by atoms with van der Waals surface area (Å²) in [4.78, 5) is 40.5. The highest BCUT2D eigenvalue weighted by Crippen LogP contribution is 2.36. The lowest BCUT2D eigenvalue weighted by Crippen LogP contribution is -2.37. The lowest BCUT2D eigenvalue weighted by molar-refractivity contribution is -0.136. The van der Waals surface area contributed by atoms with E-state index in [2.05, 4.69) is 10.6 Å². The molecular weight excluding hydrogens is 344 g/mol. The minimum atomic E-state index is -0.685. The minimum Gasteiger partial charge on any atom is -0.348 e. The maximum Gasteiger partial charge on any atom is 0.313 e. The molecule has 2 aliphatic rings. The summed E-state index contributed by atoms with van der Waals surface area (Å²) in [5.74, 6) is -0.992. The molecule has 1 aromatic carbocycles. The number of carbonyl (C=O) groups excluding carboxylic acids is 3. The second kappa shape index (κ2) is 8.52. The molecular formula is C20H28N4O3. The van der Waals surface area contributed by atoms with Crippen molar-refractivity contribution < 1.29 is 14.4 Å². The topological polar surface area (TPSA) is 81.8 Å². The first kappa shape index (κ1) is 19.4. The number of fused-ring (bicyclic) bond motifs is 1. The largest absolute Gasteiger partial charge is 0.348 e. The molecule has 0 unspecified atom stereocenters. The fourth-order valence-corrected chi connectivity index (χ4v) is 3.30. The van der Waals surface area contributed by atoms with Gasteiger partial charge in [0.15, 0.2) is 0 Å². The van der Waals surface area contributed by atoms with Gasteiger partial charge >= 0.3 is 11.8 Å². The number of amides is 3. The van der Waals surface area contributed by atoms with Crippen LogP contribution in [0.25, 0.3) is 0 Å². The van der Waals surface area contributed by atoms with Crippen LogP contribution < -0.4 is 15.5 Å². The first-order valence-corrected chi connectivity index (χ1v) is 9.64. The van der Waals surface area contributed by atoms with Gasteiger partial charge in [0, 0.05) is 30.4 Å². The summed E-state index contributed by atoms with van der Waals surface area (Å²) in [5.41, 5.74) is 2.52. The van der Waals surface area contributed by atoms with Crippen molar-refractivity contribution in [1.29, 1.82) is 0 Å². The summed E-state index contributed by atoms with van der Waals surface area (Å²) < 4.78 is 0. The molecule has 2 N–H and O–H groups in total. The Hall–Kier alpha value is -2.41. The Morgan fingerprint density at radius 2 is 1.96 bits per heavy atom. The summed E-state index contributed by atoms with van der Waals surface area (Å²) in [6.07, 6.45) is 4.59. The van der Waals surface area contributed by atoms with E-state index in [1.54, 1.807) is 6.07 Å². The van der Waals surface area contributed by atoms with Gasteiger partial charge in [-0.25, -0.2) is 0 Å². The van der Waals surface area contributed by atoms with Gasteiger partial charge in [-0.3, -0.25) is 14.4 Å². The summed E-state index contributed by atoms with van der Waals surface area (Å²) in [7, 11) is 3.92. The van der Waals surface area contributed by atoms with E-state index in [-0.39, 0.29) is 11.8 Å². The Morgan fingerprint density at radius 3 is 2.67 bits per heavy atom. The Bertz CT molecular complexity index is 728. The van der Waals surface area contributed by atoms with E-state index < -0.39 is 11.8 Å². The Balaban J connectivity index is 1.60. The smallest absolute Gasteiger partial charge is 0.313 e. The van der Waals surface area contributed by atoms with Crippen LogP contribution in [-0.2, 0) is 20.8 Å². The molecule has 0 spiro atoms. The monoisotopic (exact) mass is 372 g/mol. The average Bonchev–Trinajstić information content (AvgIpc) is 3.49. The fourth-order valence-electron chi connectivity index (χ4n) is 3.30. The van der Waals surface area contributed by atoms with Gasteiger partial charge in [0.25, 0.3) is 0 Å². The van der Waals surface area contributed by atoms with Gasteiger partial charge in [0.1, 0.15) is 0 Å². The highest BCUT2D eigenvalue weighted by atomic mass is 16.2. The number of hydrogen-bond donors (Lipinski definition) is 2. The van der Waals surface area contributed by atoms with Gasteiger partial charge in [-0.1, -0.05) is 6.07 Å². The molecule has 0 saturated heterocycles. The molecule has 0 bridgehead atoms. The Morgan fingerprint density at radius 1 is 1.19 bits per heavy atom. The summed E-state index contributed by atoms with van der Waals surface area (Å²) >= 11 is 0. The number of anilines is 2. The average molecular weight is 372 g/mol. The number of rotatable bonds is 6. The summed E-state index contributed by atoms with van der Waals surface area (Å²) in [6.45, 7) is 2.02. The van der Waals surface area contributed by atoms with Crippen LogP contribution in [0, 0.1) is 5.92 Å². The molecule has 0 aromatic heterocycles. The summed E-state index contributed by atoms with van der Waals surface area (Å²) in [6, 6.07) is 5.54. The van der Waals surface area contributed by atoms with Crippen molar-refractivity contribution in [3.8, 4) is 0 Å². The zero-order chi connectivity index (χ0) is 19.4. The van der Waals surface area contributed by atoms with Crippen LogP contribution in [0.2, 0.25) is 0 Å². The van der Waals surface area contributed by atoms with Crippen molar-refractivity contribution in [2.24, 2.45) is 5.92 Å². The third kappa shape index (κ3) is 5.07. The van der Waals surface area contributed by atoms with Crippen molar-refractivity contribution in [2.45, 2.75) is 32.1 Å². The number of carbonyl (C=O) groups is 3. The molecule has 1 aliphatic heterocycles. The van der Waals surface area contributed by atoms with Gasteiger partial charge in [-0.15, -0.1) is 0 Å². The van der Waals surface area contributed by atoms with Crippen LogP contribution in [0.15, 0.2) is 18.2 Å². The van der Waals surface area contributed by atoms with Crippen LogP contribution in [0.5, 0.6) is 0 Å². The number of aryl methyl sites for hydroxylation is 1. The third-order valence-electron chi connectivity index (χ3n) is 4.93. The maximum absolute atomic E-state index is 12.5. The molecule has 1 saturated carbocycles. The van der Waals surface area contributed by atoms with E-state index in [4.69, 9.17) is 0 Å². The normalized spacial score (nSPS) is 16.0. The highest BCUT2D eigenvalue weighted by molar-refractivity contribution is 6.39. The molecule has 1 aromatic rings. The van der Waals surface area contributed by atoms with E-state index in [0.29, 0.717) is 18.8 Å². The molecule has 1 fully saturated rings. The molecule has 0 atom stereocenters. The van der Waals surface area contributed by atoms with E-state index in [1.165, 1.54) is 0 Å². The maximum atomic E-state index is 12.5. The van der Waals surface area contributed by atoms with Crippen LogP contribution in [0.1, 0.15) is 31.2 Å². The number of hydrogen-bond acceptors (Lipinski definition) is 4. The van der Waals surface area contributed by atoms with Gasteiger partial charge in [-0.2, -0.15) is 0 Å². The number of nitrogens with zero attached hydrogens (tertiary/aromatic N) is 2. The predicted molar refractivity (Wildman–Crippen MR) is 105 cm³/mol. The molecule has 1 heterocycles. The lowest BCUT2D eigenvalue weighted by Gasteiger charge is -2.30. The Kier molecular flexibility index (Phi) is 6.11. The number of benzene rings is 1. The molecule has 3 amide bonds. The third-order valence-corrected chi connectivity index (χ3v) is 4.93. The summed E-state index contributed by atoms with van der Waals surface area (Å²) in [5, 5.41) is 5.27. The van der Waals surface area contributed by atoms with Gasteiger partial charge < -0.3 is 20.4 Å². The minimum absolute atomic E-state index is 0.155. The van der Waals surface area contributed by atoms with Crippen LogP contribution >= 0.6 is 0 Å². The molecule has 3 rings (SSSR count). The van der Waals surface area contributed by atoms with E-state index >= 15 is 0 Å².